The minimum Gasteiger partial charge on any atom is -0.395 e. The van der Waals surface area contributed by atoms with E-state index in [2.05, 4.69) is 10.6 Å². The topological polar surface area (TPSA) is 61.4 Å². The van der Waals surface area contributed by atoms with Gasteiger partial charge in [-0.2, -0.15) is 0 Å². The molecule has 3 N–H and O–H groups in total. The van der Waals surface area contributed by atoms with Gasteiger partial charge in [0.1, 0.15) is 5.82 Å². The molecule has 4 nitrogen and oxygen atoms in total. The average molecular weight is 280 g/mol. The van der Waals surface area contributed by atoms with E-state index in [1.807, 2.05) is 6.07 Å². The van der Waals surface area contributed by atoms with Gasteiger partial charge in [0.25, 0.3) is 0 Å². The first-order valence-corrected chi connectivity index (χ1v) is 7.11. The number of nitrogens with one attached hydrogen (secondary N) is 2. The normalized spacial score (nSPS) is 16.9. The molecule has 1 aliphatic carbocycles. The van der Waals surface area contributed by atoms with Crippen LogP contribution in [0.5, 0.6) is 0 Å². The average Bonchev–Trinajstić information content (AvgIpc) is 2.96. The predicted octanol–water partition coefficient (Wildman–Crippen LogP) is 2.35. The van der Waals surface area contributed by atoms with Crippen molar-refractivity contribution in [3.8, 4) is 0 Å². The lowest BCUT2D eigenvalue weighted by atomic mass is 9.91. The van der Waals surface area contributed by atoms with Gasteiger partial charge < -0.3 is 15.7 Å². The van der Waals surface area contributed by atoms with Crippen LogP contribution in [0, 0.1) is 11.7 Å². The second kappa shape index (κ2) is 7.24. The van der Waals surface area contributed by atoms with Gasteiger partial charge in [0, 0.05) is 6.54 Å². The van der Waals surface area contributed by atoms with Crippen LogP contribution < -0.4 is 10.6 Å². The molecule has 0 heterocycles. The maximum atomic E-state index is 13.4. The minimum absolute atomic E-state index is 0.0958. The smallest absolute Gasteiger partial charge is 0.315 e. The third-order valence-corrected chi connectivity index (χ3v) is 3.76. The Balaban J connectivity index is 2.10. The summed E-state index contributed by atoms with van der Waals surface area (Å²) in [5, 5.41) is 14.2. The van der Waals surface area contributed by atoms with E-state index < -0.39 is 0 Å². The summed E-state index contributed by atoms with van der Waals surface area (Å²) >= 11 is 0. The first kappa shape index (κ1) is 14.8. The fraction of sp³-hybridized carbons (Fsp3) is 0.533. The van der Waals surface area contributed by atoms with Crippen LogP contribution in [0.3, 0.4) is 0 Å². The van der Waals surface area contributed by atoms with Gasteiger partial charge in [-0.15, -0.1) is 0 Å². The number of aliphatic hydroxyl groups is 1. The van der Waals surface area contributed by atoms with Crippen LogP contribution in [0.4, 0.5) is 9.18 Å². The van der Waals surface area contributed by atoms with Crippen LogP contribution in [0.2, 0.25) is 0 Å². The molecule has 0 aliphatic heterocycles. The number of carbonyl (C=O) groups is 1. The van der Waals surface area contributed by atoms with Crippen molar-refractivity contribution >= 4 is 6.03 Å². The molecule has 1 atom stereocenters. The van der Waals surface area contributed by atoms with Crippen molar-refractivity contribution in [3.63, 3.8) is 0 Å². The van der Waals surface area contributed by atoms with E-state index in [0.717, 1.165) is 31.2 Å². The zero-order chi connectivity index (χ0) is 14.4. The van der Waals surface area contributed by atoms with Crippen molar-refractivity contribution < 1.29 is 14.3 Å². The Morgan fingerprint density at radius 3 is 2.80 bits per heavy atom. The molecular formula is C15H21FN2O2. The molecule has 0 bridgehead atoms. The number of aliphatic hydroxyl groups excluding tert-OH is 1. The molecule has 0 saturated heterocycles. The third-order valence-electron chi connectivity index (χ3n) is 3.76. The molecular weight excluding hydrogens is 259 g/mol. The molecule has 5 heteroatoms. The first-order chi connectivity index (χ1) is 9.70. The van der Waals surface area contributed by atoms with E-state index in [0.29, 0.717) is 5.92 Å². The Hall–Kier alpha value is -1.62. The van der Waals surface area contributed by atoms with E-state index in [1.54, 1.807) is 6.07 Å². The lowest BCUT2D eigenvalue weighted by molar-refractivity contribution is 0.225. The fourth-order valence-electron chi connectivity index (χ4n) is 2.83. The molecule has 1 aromatic carbocycles. The monoisotopic (exact) mass is 280 g/mol. The van der Waals surface area contributed by atoms with E-state index in [9.17, 15) is 9.18 Å². The molecule has 110 valence electrons. The molecule has 0 aromatic heterocycles. The van der Waals surface area contributed by atoms with Crippen molar-refractivity contribution in [1.29, 1.82) is 0 Å². The zero-order valence-corrected chi connectivity index (χ0v) is 11.4. The number of urea groups is 1. The Kier molecular flexibility index (Phi) is 5.35. The fourth-order valence-corrected chi connectivity index (χ4v) is 2.83. The van der Waals surface area contributed by atoms with Crippen LogP contribution in [0.15, 0.2) is 24.3 Å². The largest absolute Gasteiger partial charge is 0.395 e. The van der Waals surface area contributed by atoms with Gasteiger partial charge in [-0.05, 0) is 36.5 Å². The molecule has 1 aliphatic rings. The summed E-state index contributed by atoms with van der Waals surface area (Å²) in [5.41, 5.74) is 0.802. The second-order valence-electron chi connectivity index (χ2n) is 5.20. The number of benzene rings is 1. The lowest BCUT2D eigenvalue weighted by Crippen LogP contribution is -2.41. The molecule has 1 unspecified atom stereocenters. The number of rotatable bonds is 5. The predicted molar refractivity (Wildman–Crippen MR) is 74.7 cm³/mol. The van der Waals surface area contributed by atoms with Gasteiger partial charge in [-0.25, -0.2) is 9.18 Å². The van der Waals surface area contributed by atoms with E-state index >= 15 is 0 Å². The summed E-state index contributed by atoms with van der Waals surface area (Å²) in [6, 6.07) is 5.90. The van der Waals surface area contributed by atoms with Gasteiger partial charge in [0.15, 0.2) is 0 Å². The summed E-state index contributed by atoms with van der Waals surface area (Å²) < 4.78 is 13.4. The summed E-state index contributed by atoms with van der Waals surface area (Å²) in [6.07, 6.45) is 4.38. The Morgan fingerprint density at radius 1 is 1.40 bits per heavy atom. The van der Waals surface area contributed by atoms with Gasteiger partial charge >= 0.3 is 6.03 Å². The van der Waals surface area contributed by atoms with Crippen LogP contribution in [0.25, 0.3) is 0 Å². The maximum absolute atomic E-state index is 13.4. The molecule has 1 fully saturated rings. The van der Waals surface area contributed by atoms with Crippen LogP contribution >= 0.6 is 0 Å². The quantitative estimate of drug-likeness (QED) is 0.775. The van der Waals surface area contributed by atoms with E-state index in [1.165, 1.54) is 12.1 Å². The number of hydrogen-bond donors (Lipinski definition) is 3. The maximum Gasteiger partial charge on any atom is 0.315 e. The highest BCUT2D eigenvalue weighted by atomic mass is 19.1. The standard InChI is InChI=1S/C15H21FN2O2/c16-13-7-3-6-12(10-13)14(11-4-1-2-5-11)18-15(20)17-8-9-19/h3,6-7,10-11,14,19H,1-2,4-5,8-9H2,(H2,17,18,20). The highest BCUT2D eigenvalue weighted by molar-refractivity contribution is 5.74. The van der Waals surface area contributed by atoms with Gasteiger partial charge in [0.2, 0.25) is 0 Å². The highest BCUT2D eigenvalue weighted by Crippen LogP contribution is 2.35. The number of amides is 2. The highest BCUT2D eigenvalue weighted by Gasteiger charge is 2.27. The zero-order valence-electron chi connectivity index (χ0n) is 11.4. The SMILES string of the molecule is O=C(NCCO)NC(c1cccc(F)c1)C1CCCC1. The van der Waals surface area contributed by atoms with Crippen molar-refractivity contribution in [2.75, 3.05) is 13.2 Å². The van der Waals surface area contributed by atoms with Crippen molar-refractivity contribution in [2.45, 2.75) is 31.7 Å². The summed E-state index contributed by atoms with van der Waals surface area (Å²) in [6.45, 7) is 0.119. The summed E-state index contributed by atoms with van der Waals surface area (Å²) in [5.74, 6) is 0.0553. The number of halogens is 1. The first-order valence-electron chi connectivity index (χ1n) is 7.11. The molecule has 0 spiro atoms. The summed E-state index contributed by atoms with van der Waals surface area (Å²) in [4.78, 5) is 11.8. The van der Waals surface area contributed by atoms with E-state index in [-0.39, 0.29) is 31.0 Å². The van der Waals surface area contributed by atoms with Gasteiger partial charge in [-0.1, -0.05) is 25.0 Å². The molecule has 0 radical (unpaired) electrons. The van der Waals surface area contributed by atoms with Gasteiger partial charge in [-0.3, -0.25) is 0 Å². The third kappa shape index (κ3) is 3.93. The molecule has 1 aromatic rings. The van der Waals surface area contributed by atoms with E-state index in [4.69, 9.17) is 5.11 Å². The van der Waals surface area contributed by atoms with Crippen molar-refractivity contribution in [2.24, 2.45) is 5.92 Å². The summed E-state index contributed by atoms with van der Waals surface area (Å²) in [7, 11) is 0. The molecule has 2 rings (SSSR count). The van der Waals surface area contributed by atoms with Crippen LogP contribution in [0.1, 0.15) is 37.3 Å². The second-order valence-corrected chi connectivity index (χ2v) is 5.20. The molecule has 20 heavy (non-hydrogen) atoms. The number of hydrogen-bond acceptors (Lipinski definition) is 2. The Morgan fingerprint density at radius 2 is 2.15 bits per heavy atom. The molecule has 2 amide bonds. The van der Waals surface area contributed by atoms with Crippen molar-refractivity contribution in [1.82, 2.24) is 10.6 Å². The van der Waals surface area contributed by atoms with Crippen LogP contribution in [-0.2, 0) is 0 Å². The lowest BCUT2D eigenvalue weighted by Gasteiger charge is -2.25. The Bertz CT molecular complexity index is 447. The minimum atomic E-state index is -0.319. The van der Waals surface area contributed by atoms with Gasteiger partial charge in [0.05, 0.1) is 12.6 Å². The Labute approximate surface area is 118 Å². The number of carbonyl (C=O) groups excluding carboxylic acids is 1. The van der Waals surface area contributed by atoms with Crippen LogP contribution in [-0.4, -0.2) is 24.3 Å². The van der Waals surface area contributed by atoms with Crippen molar-refractivity contribution in [3.05, 3.63) is 35.6 Å². The molecule has 1 saturated carbocycles.